The van der Waals surface area contributed by atoms with Gasteiger partial charge in [-0.3, -0.25) is 0 Å². The second kappa shape index (κ2) is 6.81. The zero-order valence-electron chi connectivity index (χ0n) is 10.0. The SMILES string of the molecule is CC(C)CCSCC(O)c1ccc(N)cc1. The molecule has 1 atom stereocenters. The maximum atomic E-state index is 9.91. The molecule has 1 unspecified atom stereocenters. The van der Waals surface area contributed by atoms with Crippen LogP contribution in [0.1, 0.15) is 31.9 Å². The molecule has 0 aromatic heterocycles. The first-order chi connectivity index (χ1) is 7.59. The van der Waals surface area contributed by atoms with Crippen LogP contribution in [0, 0.1) is 5.92 Å². The summed E-state index contributed by atoms with van der Waals surface area (Å²) in [6, 6.07) is 7.45. The lowest BCUT2D eigenvalue weighted by Gasteiger charge is -2.11. The summed E-state index contributed by atoms with van der Waals surface area (Å²) < 4.78 is 0. The van der Waals surface area contributed by atoms with Crippen LogP contribution in [0.4, 0.5) is 5.69 Å². The summed E-state index contributed by atoms with van der Waals surface area (Å²) in [5.41, 5.74) is 7.28. The molecule has 0 saturated heterocycles. The van der Waals surface area contributed by atoms with Gasteiger partial charge in [0.2, 0.25) is 0 Å². The maximum Gasteiger partial charge on any atom is 0.0880 e. The zero-order chi connectivity index (χ0) is 12.0. The molecule has 16 heavy (non-hydrogen) atoms. The quantitative estimate of drug-likeness (QED) is 0.592. The summed E-state index contributed by atoms with van der Waals surface area (Å²) in [4.78, 5) is 0. The monoisotopic (exact) mass is 239 g/mol. The minimum absolute atomic E-state index is 0.377. The van der Waals surface area contributed by atoms with Crippen molar-refractivity contribution in [2.24, 2.45) is 5.92 Å². The fraction of sp³-hybridized carbons (Fsp3) is 0.538. The molecule has 0 heterocycles. The van der Waals surface area contributed by atoms with Gasteiger partial charge in [0.1, 0.15) is 0 Å². The van der Waals surface area contributed by atoms with E-state index in [1.165, 1.54) is 6.42 Å². The molecule has 3 heteroatoms. The largest absolute Gasteiger partial charge is 0.399 e. The third-order valence-electron chi connectivity index (χ3n) is 2.44. The molecule has 3 N–H and O–H groups in total. The van der Waals surface area contributed by atoms with Crippen LogP contribution in [0.15, 0.2) is 24.3 Å². The molecule has 0 aliphatic rings. The van der Waals surface area contributed by atoms with Gasteiger partial charge >= 0.3 is 0 Å². The van der Waals surface area contributed by atoms with E-state index < -0.39 is 0 Å². The van der Waals surface area contributed by atoms with Crippen LogP contribution >= 0.6 is 11.8 Å². The Labute approximate surface area is 102 Å². The average Bonchev–Trinajstić information content (AvgIpc) is 2.25. The molecule has 0 saturated carbocycles. The molecule has 0 aliphatic carbocycles. The van der Waals surface area contributed by atoms with E-state index in [1.807, 2.05) is 36.0 Å². The van der Waals surface area contributed by atoms with E-state index in [2.05, 4.69) is 13.8 Å². The summed E-state index contributed by atoms with van der Waals surface area (Å²) in [5, 5.41) is 9.91. The van der Waals surface area contributed by atoms with Crippen LogP contribution in [0.25, 0.3) is 0 Å². The Bertz CT molecular complexity index is 297. The van der Waals surface area contributed by atoms with Crippen molar-refractivity contribution in [2.45, 2.75) is 26.4 Å². The fourth-order valence-electron chi connectivity index (χ4n) is 1.33. The van der Waals surface area contributed by atoms with Crippen LogP contribution in [0.3, 0.4) is 0 Å². The van der Waals surface area contributed by atoms with Gasteiger partial charge < -0.3 is 10.8 Å². The number of hydrogen-bond acceptors (Lipinski definition) is 3. The highest BCUT2D eigenvalue weighted by Crippen LogP contribution is 2.20. The molecule has 0 spiro atoms. The van der Waals surface area contributed by atoms with Crippen molar-refractivity contribution in [1.82, 2.24) is 0 Å². The van der Waals surface area contributed by atoms with E-state index in [4.69, 9.17) is 5.73 Å². The molecule has 0 radical (unpaired) electrons. The van der Waals surface area contributed by atoms with Crippen molar-refractivity contribution in [3.8, 4) is 0 Å². The maximum absolute atomic E-state index is 9.91. The third-order valence-corrected chi connectivity index (χ3v) is 3.51. The Hall–Kier alpha value is -0.670. The van der Waals surface area contributed by atoms with Gasteiger partial charge in [0.05, 0.1) is 6.10 Å². The Morgan fingerprint density at radius 3 is 2.44 bits per heavy atom. The first-order valence-corrected chi connectivity index (χ1v) is 6.86. The Morgan fingerprint density at radius 1 is 1.25 bits per heavy atom. The lowest BCUT2D eigenvalue weighted by atomic mass is 10.1. The third kappa shape index (κ3) is 4.90. The van der Waals surface area contributed by atoms with E-state index in [9.17, 15) is 5.11 Å². The van der Waals surface area contributed by atoms with Crippen molar-refractivity contribution in [3.63, 3.8) is 0 Å². The van der Waals surface area contributed by atoms with E-state index in [-0.39, 0.29) is 6.10 Å². The number of aliphatic hydroxyl groups is 1. The minimum atomic E-state index is -0.377. The summed E-state index contributed by atoms with van der Waals surface area (Å²) in [6.45, 7) is 4.44. The number of anilines is 1. The van der Waals surface area contributed by atoms with Gasteiger partial charge in [-0.1, -0.05) is 26.0 Å². The van der Waals surface area contributed by atoms with Crippen molar-refractivity contribution >= 4 is 17.4 Å². The highest BCUT2D eigenvalue weighted by atomic mass is 32.2. The lowest BCUT2D eigenvalue weighted by Crippen LogP contribution is -2.02. The molecule has 0 fully saturated rings. The first-order valence-electron chi connectivity index (χ1n) is 5.71. The lowest BCUT2D eigenvalue weighted by molar-refractivity contribution is 0.204. The fourth-order valence-corrected chi connectivity index (χ4v) is 2.55. The summed E-state index contributed by atoms with van der Waals surface area (Å²) in [5.74, 6) is 2.61. The van der Waals surface area contributed by atoms with Gasteiger partial charge in [0.25, 0.3) is 0 Å². The molecule has 0 amide bonds. The van der Waals surface area contributed by atoms with Crippen LogP contribution < -0.4 is 5.73 Å². The highest BCUT2D eigenvalue weighted by Gasteiger charge is 2.07. The summed E-state index contributed by atoms with van der Waals surface area (Å²) >= 11 is 1.81. The molecule has 1 aromatic rings. The Kier molecular flexibility index (Phi) is 5.71. The number of nitrogens with two attached hydrogens (primary N) is 1. The first kappa shape index (κ1) is 13.4. The molecule has 90 valence electrons. The summed E-state index contributed by atoms with van der Waals surface area (Å²) in [7, 11) is 0. The number of aliphatic hydroxyl groups excluding tert-OH is 1. The number of rotatable bonds is 6. The van der Waals surface area contributed by atoms with E-state index in [0.29, 0.717) is 0 Å². The average molecular weight is 239 g/mol. The molecular weight excluding hydrogens is 218 g/mol. The number of benzene rings is 1. The van der Waals surface area contributed by atoms with Crippen LogP contribution in [0.2, 0.25) is 0 Å². The van der Waals surface area contributed by atoms with Crippen molar-refractivity contribution < 1.29 is 5.11 Å². The van der Waals surface area contributed by atoms with Gasteiger partial charge in [-0.05, 0) is 35.8 Å². The standard InChI is InChI=1S/C13H21NOS/c1-10(2)7-8-16-9-13(15)11-3-5-12(14)6-4-11/h3-6,10,13,15H,7-9,14H2,1-2H3. The van der Waals surface area contributed by atoms with E-state index in [1.54, 1.807) is 0 Å². The molecule has 2 nitrogen and oxygen atoms in total. The Balaban J connectivity index is 2.29. The van der Waals surface area contributed by atoms with Gasteiger partial charge in [0, 0.05) is 11.4 Å². The van der Waals surface area contributed by atoms with Crippen LogP contribution in [-0.4, -0.2) is 16.6 Å². The van der Waals surface area contributed by atoms with E-state index >= 15 is 0 Å². The molecule has 0 bridgehead atoms. The number of hydrogen-bond donors (Lipinski definition) is 2. The van der Waals surface area contributed by atoms with Crippen molar-refractivity contribution in [2.75, 3.05) is 17.2 Å². The highest BCUT2D eigenvalue weighted by molar-refractivity contribution is 7.99. The van der Waals surface area contributed by atoms with Crippen molar-refractivity contribution in [3.05, 3.63) is 29.8 Å². The van der Waals surface area contributed by atoms with Crippen molar-refractivity contribution in [1.29, 1.82) is 0 Å². The number of thioether (sulfide) groups is 1. The second-order valence-corrected chi connectivity index (χ2v) is 5.59. The Morgan fingerprint density at radius 2 is 1.88 bits per heavy atom. The number of nitrogen functional groups attached to an aromatic ring is 1. The van der Waals surface area contributed by atoms with Gasteiger partial charge in [0.15, 0.2) is 0 Å². The minimum Gasteiger partial charge on any atom is -0.399 e. The topological polar surface area (TPSA) is 46.2 Å². The predicted molar refractivity (Wildman–Crippen MR) is 72.6 cm³/mol. The normalized spacial score (nSPS) is 13.0. The zero-order valence-corrected chi connectivity index (χ0v) is 10.8. The van der Waals surface area contributed by atoms with Crippen LogP contribution in [-0.2, 0) is 0 Å². The second-order valence-electron chi connectivity index (χ2n) is 4.44. The van der Waals surface area contributed by atoms with Gasteiger partial charge in [-0.2, -0.15) is 11.8 Å². The predicted octanol–water partition coefficient (Wildman–Crippen LogP) is 3.08. The van der Waals surface area contributed by atoms with E-state index in [0.717, 1.165) is 28.7 Å². The smallest absolute Gasteiger partial charge is 0.0880 e. The molecule has 1 aromatic carbocycles. The molecule has 1 rings (SSSR count). The van der Waals surface area contributed by atoms with Gasteiger partial charge in [-0.25, -0.2) is 0 Å². The van der Waals surface area contributed by atoms with Gasteiger partial charge in [-0.15, -0.1) is 0 Å². The summed E-state index contributed by atoms with van der Waals surface area (Å²) in [6.07, 6.45) is 0.830. The van der Waals surface area contributed by atoms with Crippen LogP contribution in [0.5, 0.6) is 0 Å². The molecular formula is C13H21NOS. The molecule has 0 aliphatic heterocycles.